The molecule has 0 heterocycles. The van der Waals surface area contributed by atoms with Gasteiger partial charge >= 0.3 is 5.97 Å². The molecular formula is C18H24N2O4. The van der Waals surface area contributed by atoms with Gasteiger partial charge in [-0.1, -0.05) is 24.3 Å². The molecule has 6 nitrogen and oxygen atoms in total. The van der Waals surface area contributed by atoms with Crippen molar-refractivity contribution < 1.29 is 19.5 Å². The molecule has 0 radical (unpaired) electrons. The molecule has 0 aromatic heterocycles. The summed E-state index contributed by atoms with van der Waals surface area (Å²) in [4.78, 5) is 35.5. The van der Waals surface area contributed by atoms with Gasteiger partial charge in [-0.05, 0) is 37.5 Å². The van der Waals surface area contributed by atoms with E-state index in [9.17, 15) is 14.4 Å². The molecule has 1 rings (SSSR count). The lowest BCUT2D eigenvalue weighted by Gasteiger charge is -2.13. The van der Waals surface area contributed by atoms with Crippen molar-refractivity contribution in [1.29, 1.82) is 0 Å². The number of carbonyl (C=O) groups excluding carboxylic acids is 2. The Balaban J connectivity index is 2.56. The first-order chi connectivity index (χ1) is 11.3. The number of rotatable bonds is 8. The van der Waals surface area contributed by atoms with Crippen LogP contribution < -0.4 is 5.32 Å². The van der Waals surface area contributed by atoms with E-state index < -0.39 is 17.9 Å². The number of carboxylic acid groups (broad SMARTS) is 1. The van der Waals surface area contributed by atoms with E-state index in [2.05, 4.69) is 5.32 Å². The number of nitrogens with zero attached hydrogens (tertiary/aromatic N) is 1. The van der Waals surface area contributed by atoms with Crippen molar-refractivity contribution in [2.75, 3.05) is 13.6 Å². The number of unbranched alkanes of at least 4 members (excludes halogenated alkanes) is 1. The van der Waals surface area contributed by atoms with Gasteiger partial charge in [-0.2, -0.15) is 0 Å². The average Bonchev–Trinajstić information content (AvgIpc) is 2.54. The van der Waals surface area contributed by atoms with Crippen molar-refractivity contribution in [3.05, 3.63) is 41.5 Å². The number of hydrogen-bond donors (Lipinski definition) is 2. The Bertz CT molecular complexity index is 625. The Kier molecular flexibility index (Phi) is 7.68. The third-order valence-electron chi connectivity index (χ3n) is 3.58. The smallest absolute Gasteiger partial charge is 0.325 e. The highest BCUT2D eigenvalue weighted by Crippen LogP contribution is 2.09. The van der Waals surface area contributed by atoms with Gasteiger partial charge in [0.2, 0.25) is 5.91 Å². The van der Waals surface area contributed by atoms with Crippen LogP contribution in [-0.2, 0) is 9.59 Å². The van der Waals surface area contributed by atoms with Crippen LogP contribution in [0.1, 0.15) is 42.6 Å². The highest BCUT2D eigenvalue weighted by atomic mass is 16.4. The molecule has 1 aromatic rings. The van der Waals surface area contributed by atoms with Crippen LogP contribution in [-0.4, -0.2) is 47.4 Å². The summed E-state index contributed by atoms with van der Waals surface area (Å²) in [6.07, 6.45) is 5.59. The summed E-state index contributed by atoms with van der Waals surface area (Å²) in [7, 11) is 1.77. The number of amides is 2. The minimum atomic E-state index is -1.07. The Hall–Kier alpha value is -2.63. The molecule has 0 unspecified atom stereocenters. The van der Waals surface area contributed by atoms with Crippen molar-refractivity contribution in [3.8, 4) is 0 Å². The summed E-state index contributed by atoms with van der Waals surface area (Å²) in [5.41, 5.74) is 1.28. The van der Waals surface area contributed by atoms with Crippen molar-refractivity contribution >= 4 is 23.9 Å². The van der Waals surface area contributed by atoms with Crippen LogP contribution in [0.3, 0.4) is 0 Å². The molecule has 6 heteroatoms. The fourth-order valence-corrected chi connectivity index (χ4v) is 1.95. The average molecular weight is 332 g/mol. The van der Waals surface area contributed by atoms with Gasteiger partial charge in [0.25, 0.3) is 5.91 Å². The van der Waals surface area contributed by atoms with E-state index in [-0.39, 0.29) is 5.91 Å². The molecule has 0 fully saturated rings. The van der Waals surface area contributed by atoms with E-state index >= 15 is 0 Å². The van der Waals surface area contributed by atoms with Crippen molar-refractivity contribution in [1.82, 2.24) is 10.2 Å². The van der Waals surface area contributed by atoms with E-state index in [0.29, 0.717) is 12.1 Å². The lowest BCUT2D eigenvalue weighted by molar-refractivity contribution is -0.138. The molecule has 0 saturated carbocycles. The largest absolute Gasteiger partial charge is 0.480 e. The SMILES string of the molecule is CC(=O)N(C)CCC/C=C\c1cccc(C(=O)N[C@H](C)C(=O)O)c1. The summed E-state index contributed by atoms with van der Waals surface area (Å²) in [6, 6.07) is 6.04. The number of carboxylic acids is 1. The van der Waals surface area contributed by atoms with Crippen molar-refractivity contribution in [3.63, 3.8) is 0 Å². The standard InChI is InChI=1S/C18H24N2O4/c1-13(18(23)24)19-17(22)16-10-7-9-15(12-16)8-5-4-6-11-20(3)14(2)21/h5,7-10,12-13H,4,6,11H2,1-3H3,(H,19,22)(H,23,24)/b8-5-/t13-/m1/s1. The fourth-order valence-electron chi connectivity index (χ4n) is 1.95. The van der Waals surface area contributed by atoms with Gasteiger partial charge < -0.3 is 15.3 Å². The Morgan fingerprint density at radius 3 is 2.67 bits per heavy atom. The molecule has 0 bridgehead atoms. The second-order valence-corrected chi connectivity index (χ2v) is 5.64. The first-order valence-electron chi connectivity index (χ1n) is 7.83. The molecule has 0 aliphatic carbocycles. The van der Waals surface area contributed by atoms with Gasteiger partial charge in [0, 0.05) is 26.1 Å². The lowest BCUT2D eigenvalue weighted by Crippen LogP contribution is -2.38. The number of aliphatic carboxylic acids is 1. The third kappa shape index (κ3) is 6.64. The maximum absolute atomic E-state index is 12.0. The van der Waals surface area contributed by atoms with Gasteiger partial charge in [-0.3, -0.25) is 14.4 Å². The maximum atomic E-state index is 12.0. The zero-order chi connectivity index (χ0) is 18.1. The predicted octanol–water partition coefficient (Wildman–Crippen LogP) is 2.16. The minimum absolute atomic E-state index is 0.0493. The van der Waals surface area contributed by atoms with Crippen LogP contribution in [0.5, 0.6) is 0 Å². The molecule has 1 atom stereocenters. The van der Waals surface area contributed by atoms with Gasteiger partial charge in [0.15, 0.2) is 0 Å². The molecule has 0 aliphatic rings. The van der Waals surface area contributed by atoms with Crippen LogP contribution in [0.15, 0.2) is 30.3 Å². The molecule has 130 valence electrons. The Morgan fingerprint density at radius 1 is 1.33 bits per heavy atom. The molecule has 1 aromatic carbocycles. The molecular weight excluding hydrogens is 308 g/mol. The normalized spacial score (nSPS) is 12.0. The number of allylic oxidation sites excluding steroid dienone is 1. The molecule has 24 heavy (non-hydrogen) atoms. The van der Waals surface area contributed by atoms with Crippen LogP contribution in [0.4, 0.5) is 0 Å². The highest BCUT2D eigenvalue weighted by Gasteiger charge is 2.15. The van der Waals surface area contributed by atoms with Gasteiger partial charge in [0.05, 0.1) is 0 Å². The predicted molar refractivity (Wildman–Crippen MR) is 92.6 cm³/mol. The summed E-state index contributed by atoms with van der Waals surface area (Å²) >= 11 is 0. The summed E-state index contributed by atoms with van der Waals surface area (Å²) in [6.45, 7) is 3.66. The summed E-state index contributed by atoms with van der Waals surface area (Å²) < 4.78 is 0. The maximum Gasteiger partial charge on any atom is 0.325 e. The molecule has 0 saturated heterocycles. The van der Waals surface area contributed by atoms with E-state index in [0.717, 1.165) is 18.4 Å². The second-order valence-electron chi connectivity index (χ2n) is 5.64. The van der Waals surface area contributed by atoms with E-state index in [4.69, 9.17) is 5.11 Å². The number of nitrogens with one attached hydrogen (secondary N) is 1. The molecule has 2 N–H and O–H groups in total. The number of benzene rings is 1. The molecule has 0 spiro atoms. The first-order valence-corrected chi connectivity index (χ1v) is 7.83. The Labute approximate surface area is 142 Å². The quantitative estimate of drug-likeness (QED) is 0.714. The monoisotopic (exact) mass is 332 g/mol. The Morgan fingerprint density at radius 2 is 2.04 bits per heavy atom. The minimum Gasteiger partial charge on any atom is -0.480 e. The van der Waals surface area contributed by atoms with Crippen molar-refractivity contribution in [2.45, 2.75) is 32.7 Å². The van der Waals surface area contributed by atoms with Gasteiger partial charge in [-0.25, -0.2) is 0 Å². The number of hydrogen-bond acceptors (Lipinski definition) is 3. The van der Waals surface area contributed by atoms with Crippen LogP contribution >= 0.6 is 0 Å². The molecule has 2 amide bonds. The summed E-state index contributed by atoms with van der Waals surface area (Å²) in [5.74, 6) is -1.44. The third-order valence-corrected chi connectivity index (χ3v) is 3.58. The van der Waals surface area contributed by atoms with E-state index in [1.807, 2.05) is 18.2 Å². The topological polar surface area (TPSA) is 86.7 Å². The van der Waals surface area contributed by atoms with Crippen LogP contribution in [0, 0.1) is 0 Å². The first kappa shape index (κ1) is 19.4. The van der Waals surface area contributed by atoms with Crippen LogP contribution in [0.25, 0.3) is 6.08 Å². The van der Waals surface area contributed by atoms with Crippen molar-refractivity contribution in [2.24, 2.45) is 0 Å². The second kappa shape index (κ2) is 9.50. The van der Waals surface area contributed by atoms with E-state index in [1.165, 1.54) is 13.8 Å². The lowest BCUT2D eigenvalue weighted by atomic mass is 10.1. The number of carbonyl (C=O) groups is 3. The molecule has 0 aliphatic heterocycles. The van der Waals surface area contributed by atoms with Gasteiger partial charge in [-0.15, -0.1) is 0 Å². The zero-order valence-electron chi connectivity index (χ0n) is 14.3. The highest BCUT2D eigenvalue weighted by molar-refractivity contribution is 5.96. The van der Waals surface area contributed by atoms with Gasteiger partial charge in [0.1, 0.15) is 6.04 Å². The van der Waals surface area contributed by atoms with Crippen LogP contribution in [0.2, 0.25) is 0 Å². The fraction of sp³-hybridized carbons (Fsp3) is 0.389. The van der Waals surface area contributed by atoms with E-state index in [1.54, 1.807) is 30.1 Å². The zero-order valence-corrected chi connectivity index (χ0v) is 14.3. The summed E-state index contributed by atoms with van der Waals surface area (Å²) in [5, 5.41) is 11.2.